The van der Waals surface area contributed by atoms with Crippen LogP contribution >= 0.6 is 0 Å². The van der Waals surface area contributed by atoms with Gasteiger partial charge in [0.1, 0.15) is 12.2 Å². The summed E-state index contributed by atoms with van der Waals surface area (Å²) in [7, 11) is 0. The molecule has 3 fully saturated rings. The molecule has 2 saturated carbocycles. The van der Waals surface area contributed by atoms with Crippen molar-refractivity contribution in [1.82, 2.24) is 0 Å². The number of allylic oxidation sites excluding steroid dienone is 4. The molecule has 2 bridgehead atoms. The zero-order chi connectivity index (χ0) is 16.1. The first kappa shape index (κ1) is 15.7. The molecule has 4 atom stereocenters. The van der Waals surface area contributed by atoms with E-state index in [1.165, 1.54) is 5.57 Å². The third-order valence-electron chi connectivity index (χ3n) is 5.61. The van der Waals surface area contributed by atoms with E-state index < -0.39 is 10.8 Å². The number of hydrogen-bond acceptors (Lipinski definition) is 3. The van der Waals surface area contributed by atoms with Crippen molar-refractivity contribution >= 4 is 11.6 Å². The molecule has 0 spiro atoms. The van der Waals surface area contributed by atoms with E-state index in [9.17, 15) is 9.59 Å². The fraction of sp³-hybridized carbons (Fsp3) is 0.684. The highest BCUT2D eigenvalue weighted by Gasteiger charge is 2.73. The van der Waals surface area contributed by atoms with Gasteiger partial charge < -0.3 is 4.74 Å². The van der Waals surface area contributed by atoms with Crippen LogP contribution in [0.15, 0.2) is 23.3 Å². The van der Waals surface area contributed by atoms with Crippen molar-refractivity contribution in [3.63, 3.8) is 0 Å². The highest BCUT2D eigenvalue weighted by molar-refractivity contribution is 6.16. The number of carbonyl (C=O) groups is 2. The van der Waals surface area contributed by atoms with Crippen LogP contribution in [0.3, 0.4) is 0 Å². The fourth-order valence-corrected chi connectivity index (χ4v) is 4.29. The lowest BCUT2D eigenvalue weighted by Gasteiger charge is -2.47. The lowest BCUT2D eigenvalue weighted by molar-refractivity contribution is -0.155. The van der Waals surface area contributed by atoms with Crippen LogP contribution < -0.4 is 0 Å². The van der Waals surface area contributed by atoms with Gasteiger partial charge in [0.15, 0.2) is 11.6 Å². The van der Waals surface area contributed by atoms with Gasteiger partial charge in [-0.15, -0.1) is 0 Å². The second kappa shape index (κ2) is 5.16. The van der Waals surface area contributed by atoms with Crippen LogP contribution in [0.2, 0.25) is 0 Å². The Morgan fingerprint density at radius 1 is 1.09 bits per heavy atom. The van der Waals surface area contributed by atoms with Crippen LogP contribution in [-0.2, 0) is 14.3 Å². The molecule has 2 aliphatic carbocycles. The van der Waals surface area contributed by atoms with Gasteiger partial charge >= 0.3 is 0 Å². The number of rotatable bonds is 4. The number of hydrogen-bond donors (Lipinski definition) is 0. The minimum Gasteiger partial charge on any atom is -0.360 e. The van der Waals surface area contributed by atoms with Crippen molar-refractivity contribution in [3.05, 3.63) is 23.3 Å². The van der Waals surface area contributed by atoms with Gasteiger partial charge in [0.05, 0.1) is 10.8 Å². The van der Waals surface area contributed by atoms with E-state index in [4.69, 9.17) is 4.74 Å². The molecule has 3 heteroatoms. The van der Waals surface area contributed by atoms with Gasteiger partial charge in [-0.2, -0.15) is 0 Å². The summed E-state index contributed by atoms with van der Waals surface area (Å²) >= 11 is 0. The van der Waals surface area contributed by atoms with Crippen molar-refractivity contribution in [1.29, 1.82) is 0 Å². The largest absolute Gasteiger partial charge is 0.360 e. The Kier molecular flexibility index (Phi) is 3.67. The molecule has 3 nitrogen and oxygen atoms in total. The Hall–Kier alpha value is -1.22. The first-order chi connectivity index (χ1) is 10.3. The third-order valence-corrected chi connectivity index (χ3v) is 5.61. The van der Waals surface area contributed by atoms with Gasteiger partial charge in [0, 0.05) is 0 Å². The van der Waals surface area contributed by atoms with Crippen LogP contribution in [0.4, 0.5) is 0 Å². The number of carbonyl (C=O) groups excluding carboxylic acids is 2. The van der Waals surface area contributed by atoms with Crippen molar-refractivity contribution in [2.45, 2.75) is 72.0 Å². The Morgan fingerprint density at radius 2 is 1.73 bits per heavy atom. The molecular weight excluding hydrogens is 276 g/mol. The van der Waals surface area contributed by atoms with E-state index in [2.05, 4.69) is 26.0 Å². The maximum Gasteiger partial charge on any atom is 0.178 e. The first-order valence-electron chi connectivity index (χ1n) is 8.35. The Morgan fingerprint density at radius 3 is 2.36 bits per heavy atom. The average molecular weight is 302 g/mol. The Labute approximate surface area is 132 Å². The van der Waals surface area contributed by atoms with Gasteiger partial charge in [-0.1, -0.05) is 29.7 Å². The molecule has 0 aromatic carbocycles. The predicted octanol–water partition coefficient (Wildman–Crippen LogP) is 3.77. The molecule has 0 aromatic rings. The molecule has 0 N–H and O–H groups in total. The Bertz CT molecular complexity index is 577. The minimum atomic E-state index is -0.817. The van der Waals surface area contributed by atoms with E-state index in [-0.39, 0.29) is 23.8 Å². The molecule has 0 aromatic heterocycles. The van der Waals surface area contributed by atoms with Gasteiger partial charge in [0.25, 0.3) is 0 Å². The quantitative estimate of drug-likeness (QED) is 0.451. The minimum absolute atomic E-state index is 0.0486. The van der Waals surface area contributed by atoms with Crippen LogP contribution in [-0.4, -0.2) is 23.8 Å². The third kappa shape index (κ3) is 2.13. The molecule has 120 valence electrons. The number of ketones is 2. The van der Waals surface area contributed by atoms with Crippen LogP contribution in [0, 0.1) is 10.8 Å². The van der Waals surface area contributed by atoms with E-state index in [0.29, 0.717) is 12.8 Å². The average Bonchev–Trinajstić information content (AvgIpc) is 3.24. The van der Waals surface area contributed by atoms with E-state index in [0.717, 1.165) is 24.8 Å². The van der Waals surface area contributed by atoms with E-state index in [1.807, 2.05) is 13.8 Å². The van der Waals surface area contributed by atoms with Crippen molar-refractivity contribution < 1.29 is 14.3 Å². The van der Waals surface area contributed by atoms with Gasteiger partial charge in [0.2, 0.25) is 0 Å². The lowest BCUT2D eigenvalue weighted by Crippen LogP contribution is -2.59. The Balaban J connectivity index is 2.00. The summed E-state index contributed by atoms with van der Waals surface area (Å²) in [5.41, 5.74) is 1.11. The lowest BCUT2D eigenvalue weighted by atomic mass is 9.51. The summed E-state index contributed by atoms with van der Waals surface area (Å²) in [5, 5.41) is 0. The van der Waals surface area contributed by atoms with Crippen LogP contribution in [0.1, 0.15) is 59.8 Å². The molecule has 3 aliphatic rings. The molecule has 0 amide bonds. The predicted molar refractivity (Wildman–Crippen MR) is 85.5 cm³/mol. The molecule has 1 heterocycles. The molecule has 1 aliphatic heterocycles. The molecule has 1 saturated heterocycles. The first-order valence-corrected chi connectivity index (χ1v) is 8.35. The summed E-state index contributed by atoms with van der Waals surface area (Å²) in [4.78, 5) is 26.2. The number of Topliss-reactive ketones (excluding diaryl/α,β-unsaturated/α-hetero) is 2. The van der Waals surface area contributed by atoms with Crippen LogP contribution in [0.25, 0.3) is 0 Å². The maximum absolute atomic E-state index is 13.4. The summed E-state index contributed by atoms with van der Waals surface area (Å²) < 4.78 is 5.72. The number of fused-ring (bicyclic) bond motifs is 4. The molecule has 0 radical (unpaired) electrons. The van der Waals surface area contributed by atoms with E-state index >= 15 is 0 Å². The summed E-state index contributed by atoms with van der Waals surface area (Å²) in [6.45, 7) is 8.15. The molecular formula is C19H26O3. The standard InChI is InChI=1S/C19H26O3/c1-12(2)6-10-18-8-5-9-19(17(18)21,11-7-13(3)4)16-14(22-16)15(18)20/h6-7,14,16H,5,8-11H2,1-4H3/t14-,16-,18+,19-/m0/s1. The normalized spacial score (nSPS) is 39.1. The van der Waals surface area contributed by atoms with Crippen LogP contribution in [0.5, 0.6) is 0 Å². The summed E-state index contributed by atoms with van der Waals surface area (Å²) in [5.74, 6) is 0.206. The monoisotopic (exact) mass is 302 g/mol. The highest BCUT2D eigenvalue weighted by atomic mass is 16.6. The molecule has 22 heavy (non-hydrogen) atoms. The van der Waals surface area contributed by atoms with Gasteiger partial charge in [-0.25, -0.2) is 0 Å². The summed E-state index contributed by atoms with van der Waals surface area (Å²) in [6, 6.07) is 0. The van der Waals surface area contributed by atoms with Crippen molar-refractivity contribution in [3.8, 4) is 0 Å². The number of epoxide rings is 1. The fourth-order valence-electron chi connectivity index (χ4n) is 4.29. The second-order valence-corrected chi connectivity index (χ2v) is 7.73. The second-order valence-electron chi connectivity index (χ2n) is 7.73. The molecule has 0 unspecified atom stereocenters. The SMILES string of the molecule is CC(C)=CC[C@@]12CCC[C@@](CC=C(C)C)(C1=O)[C@H]1O[C@H]1C2=O. The zero-order valence-electron chi connectivity index (χ0n) is 14.1. The summed E-state index contributed by atoms with van der Waals surface area (Å²) in [6.07, 6.45) is 7.47. The van der Waals surface area contributed by atoms with Crippen molar-refractivity contribution in [2.75, 3.05) is 0 Å². The maximum atomic E-state index is 13.4. The molecule has 3 rings (SSSR count). The van der Waals surface area contributed by atoms with Gasteiger partial charge in [-0.3, -0.25) is 9.59 Å². The van der Waals surface area contributed by atoms with E-state index in [1.54, 1.807) is 0 Å². The smallest absolute Gasteiger partial charge is 0.178 e. The van der Waals surface area contributed by atoms with Gasteiger partial charge in [-0.05, 0) is 53.4 Å². The zero-order valence-corrected chi connectivity index (χ0v) is 14.1. The van der Waals surface area contributed by atoms with Crippen molar-refractivity contribution in [2.24, 2.45) is 10.8 Å². The topological polar surface area (TPSA) is 46.7 Å². The number of ether oxygens (including phenoxy) is 1. The highest BCUT2D eigenvalue weighted by Crippen LogP contribution is 2.61.